The zero-order valence-electron chi connectivity index (χ0n) is 6.22. The highest BCUT2D eigenvalue weighted by atomic mass is 14.2. The minimum atomic E-state index is 0.771. The molecule has 0 spiro atoms. The molecule has 0 saturated heterocycles. The first-order valence-corrected chi connectivity index (χ1v) is 3.87. The molecular formula is C10H11. The van der Waals surface area contributed by atoms with Gasteiger partial charge in [0.1, 0.15) is 0 Å². The molecule has 0 fully saturated rings. The Labute approximate surface area is 61.9 Å². The topological polar surface area (TPSA) is 0 Å². The Morgan fingerprint density at radius 2 is 2.50 bits per heavy atom. The summed E-state index contributed by atoms with van der Waals surface area (Å²) < 4.78 is 0. The molecule has 0 bridgehead atoms. The fraction of sp³-hybridized carbons (Fsp3) is 0.400. The van der Waals surface area contributed by atoms with E-state index in [0.717, 1.165) is 5.92 Å². The highest BCUT2D eigenvalue weighted by Crippen LogP contribution is 2.31. The molecule has 1 radical (unpaired) electrons. The van der Waals surface area contributed by atoms with Gasteiger partial charge in [-0.25, -0.2) is 0 Å². The molecule has 0 heteroatoms. The van der Waals surface area contributed by atoms with Gasteiger partial charge in [-0.3, -0.25) is 0 Å². The molecule has 0 aliphatic heterocycles. The maximum Gasteiger partial charge on any atom is -0.0146 e. The molecule has 1 aromatic rings. The van der Waals surface area contributed by atoms with Gasteiger partial charge in [0.2, 0.25) is 0 Å². The monoisotopic (exact) mass is 131 g/mol. The summed E-state index contributed by atoms with van der Waals surface area (Å²) in [5.41, 5.74) is 2.96. The molecule has 0 aromatic heterocycles. The van der Waals surface area contributed by atoms with Gasteiger partial charge in [0.15, 0.2) is 0 Å². The second-order valence-corrected chi connectivity index (χ2v) is 3.04. The summed E-state index contributed by atoms with van der Waals surface area (Å²) in [6.45, 7) is 2.29. The average molecular weight is 131 g/mol. The molecule has 0 N–H and O–H groups in total. The van der Waals surface area contributed by atoms with Crippen molar-refractivity contribution in [3.8, 4) is 0 Å². The summed E-state index contributed by atoms with van der Waals surface area (Å²) in [7, 11) is 0. The fourth-order valence-electron chi connectivity index (χ4n) is 1.68. The van der Waals surface area contributed by atoms with E-state index in [0.29, 0.717) is 0 Å². The Morgan fingerprint density at radius 3 is 3.30 bits per heavy atom. The van der Waals surface area contributed by atoms with E-state index in [4.69, 9.17) is 0 Å². The van der Waals surface area contributed by atoms with Gasteiger partial charge in [-0.15, -0.1) is 0 Å². The number of hydrogen-bond donors (Lipinski definition) is 0. The molecular weight excluding hydrogens is 120 g/mol. The van der Waals surface area contributed by atoms with Crippen molar-refractivity contribution in [2.24, 2.45) is 0 Å². The zero-order valence-corrected chi connectivity index (χ0v) is 6.22. The molecule has 0 amide bonds. The second-order valence-electron chi connectivity index (χ2n) is 3.04. The third-order valence-electron chi connectivity index (χ3n) is 2.34. The van der Waals surface area contributed by atoms with E-state index in [9.17, 15) is 0 Å². The molecule has 1 aliphatic carbocycles. The molecule has 51 valence electrons. The van der Waals surface area contributed by atoms with Gasteiger partial charge in [-0.1, -0.05) is 25.1 Å². The van der Waals surface area contributed by atoms with Crippen LogP contribution in [0.2, 0.25) is 0 Å². The predicted octanol–water partition coefficient (Wildman–Crippen LogP) is 2.54. The van der Waals surface area contributed by atoms with Crippen LogP contribution in [0.4, 0.5) is 0 Å². The summed E-state index contributed by atoms with van der Waals surface area (Å²) in [6, 6.07) is 9.60. The summed E-state index contributed by atoms with van der Waals surface area (Å²) in [4.78, 5) is 0. The Morgan fingerprint density at radius 1 is 1.60 bits per heavy atom. The maximum absolute atomic E-state index is 3.28. The van der Waals surface area contributed by atoms with E-state index in [2.05, 4.69) is 25.1 Å². The number of aryl methyl sites for hydroxylation is 1. The van der Waals surface area contributed by atoms with Crippen molar-refractivity contribution in [3.05, 3.63) is 35.4 Å². The van der Waals surface area contributed by atoms with Crippen LogP contribution in [-0.4, -0.2) is 0 Å². The van der Waals surface area contributed by atoms with Crippen molar-refractivity contribution in [2.45, 2.75) is 25.7 Å². The third kappa shape index (κ3) is 0.756. The number of rotatable bonds is 0. The lowest BCUT2D eigenvalue weighted by atomic mass is 10.0. The van der Waals surface area contributed by atoms with Crippen LogP contribution in [0.15, 0.2) is 18.2 Å². The Balaban J connectivity index is 2.51. The van der Waals surface area contributed by atoms with Crippen LogP contribution in [-0.2, 0) is 6.42 Å². The number of benzene rings is 1. The van der Waals surface area contributed by atoms with Crippen LogP contribution in [0, 0.1) is 6.07 Å². The lowest BCUT2D eigenvalue weighted by Gasteiger charge is -2.00. The molecule has 0 heterocycles. The first kappa shape index (κ1) is 5.96. The zero-order chi connectivity index (χ0) is 6.97. The smallest absolute Gasteiger partial charge is 0.0146 e. The molecule has 1 atom stereocenters. The second kappa shape index (κ2) is 2.12. The lowest BCUT2D eigenvalue weighted by Crippen LogP contribution is -1.83. The minimum Gasteiger partial charge on any atom is -0.0613 e. The van der Waals surface area contributed by atoms with Crippen molar-refractivity contribution in [2.75, 3.05) is 0 Å². The minimum absolute atomic E-state index is 0.771. The van der Waals surface area contributed by atoms with Gasteiger partial charge < -0.3 is 0 Å². The fourth-order valence-corrected chi connectivity index (χ4v) is 1.68. The van der Waals surface area contributed by atoms with Crippen LogP contribution in [0.25, 0.3) is 0 Å². The van der Waals surface area contributed by atoms with Crippen molar-refractivity contribution in [1.29, 1.82) is 0 Å². The third-order valence-corrected chi connectivity index (χ3v) is 2.34. The molecule has 1 aliphatic rings. The average Bonchev–Trinajstić information content (AvgIpc) is 2.34. The number of fused-ring (bicyclic) bond motifs is 1. The van der Waals surface area contributed by atoms with E-state index in [-0.39, 0.29) is 0 Å². The van der Waals surface area contributed by atoms with Crippen molar-refractivity contribution < 1.29 is 0 Å². The molecule has 0 saturated carbocycles. The van der Waals surface area contributed by atoms with Crippen molar-refractivity contribution >= 4 is 0 Å². The summed E-state index contributed by atoms with van der Waals surface area (Å²) in [6.07, 6.45) is 2.55. The van der Waals surface area contributed by atoms with E-state index in [1.165, 1.54) is 24.0 Å². The first-order valence-electron chi connectivity index (χ1n) is 3.87. The van der Waals surface area contributed by atoms with Gasteiger partial charge in [0.25, 0.3) is 0 Å². The first-order chi connectivity index (χ1) is 4.88. The van der Waals surface area contributed by atoms with Crippen LogP contribution < -0.4 is 0 Å². The van der Waals surface area contributed by atoms with Gasteiger partial charge in [-0.05, 0) is 36.0 Å². The standard InChI is InChI=1S/C10H11/c1-8-6-7-9-4-2-3-5-10(8)9/h2-3,5,8H,6-7H2,1H3. The Kier molecular flexibility index (Phi) is 1.26. The van der Waals surface area contributed by atoms with Crippen LogP contribution in [0.3, 0.4) is 0 Å². The van der Waals surface area contributed by atoms with Crippen LogP contribution in [0.5, 0.6) is 0 Å². The molecule has 0 nitrogen and oxygen atoms in total. The molecule has 10 heavy (non-hydrogen) atoms. The van der Waals surface area contributed by atoms with Gasteiger partial charge in [0, 0.05) is 0 Å². The normalized spacial score (nSPS) is 22.7. The highest BCUT2D eigenvalue weighted by Gasteiger charge is 2.16. The van der Waals surface area contributed by atoms with E-state index in [1.807, 2.05) is 6.07 Å². The van der Waals surface area contributed by atoms with Gasteiger partial charge in [0.05, 0.1) is 0 Å². The van der Waals surface area contributed by atoms with Crippen molar-refractivity contribution in [1.82, 2.24) is 0 Å². The van der Waals surface area contributed by atoms with Crippen LogP contribution in [0.1, 0.15) is 30.4 Å². The number of hydrogen-bond acceptors (Lipinski definition) is 0. The van der Waals surface area contributed by atoms with Crippen molar-refractivity contribution in [3.63, 3.8) is 0 Å². The van der Waals surface area contributed by atoms with Crippen LogP contribution >= 0.6 is 0 Å². The highest BCUT2D eigenvalue weighted by molar-refractivity contribution is 5.33. The molecule has 1 aromatic carbocycles. The predicted molar refractivity (Wildman–Crippen MR) is 42.0 cm³/mol. The largest absolute Gasteiger partial charge is 0.0613 e. The van der Waals surface area contributed by atoms with E-state index < -0.39 is 0 Å². The quantitative estimate of drug-likeness (QED) is 0.507. The van der Waals surface area contributed by atoms with E-state index in [1.54, 1.807) is 0 Å². The summed E-state index contributed by atoms with van der Waals surface area (Å²) in [5, 5.41) is 0. The Hall–Kier alpha value is -0.780. The van der Waals surface area contributed by atoms with E-state index >= 15 is 0 Å². The SMILES string of the molecule is CC1CCc2[c]cccc21. The molecule has 1 unspecified atom stereocenters. The summed E-state index contributed by atoms with van der Waals surface area (Å²) >= 11 is 0. The molecule has 2 rings (SSSR count). The maximum atomic E-state index is 3.28. The van der Waals surface area contributed by atoms with Gasteiger partial charge >= 0.3 is 0 Å². The Bertz CT molecular complexity index is 238. The lowest BCUT2D eigenvalue weighted by molar-refractivity contribution is 0.747. The summed E-state index contributed by atoms with van der Waals surface area (Å²) in [5.74, 6) is 0.771. The van der Waals surface area contributed by atoms with Gasteiger partial charge in [-0.2, -0.15) is 0 Å².